The minimum Gasteiger partial charge on any atom is -0.309 e. The Hall–Kier alpha value is -8.98. The molecule has 13 aromatic rings. The highest BCUT2D eigenvalue weighted by Crippen LogP contribution is 2.43. The molecule has 2 heterocycles. The maximum Gasteiger partial charge on any atom is 0.0547 e. The lowest BCUT2D eigenvalue weighted by atomic mass is 9.90. The molecule has 0 spiro atoms. The number of hydrogen-bond donors (Lipinski definition) is 0. The quantitative estimate of drug-likeness (QED) is 0.144. The van der Waals surface area contributed by atoms with Crippen LogP contribution in [0.15, 0.2) is 267 Å². The summed E-state index contributed by atoms with van der Waals surface area (Å²) in [6.45, 7) is 0. The van der Waals surface area contributed by atoms with E-state index in [1.54, 1.807) is 0 Å². The zero-order valence-corrected chi connectivity index (χ0v) is 37.3. The molecule has 0 aliphatic carbocycles. The maximum atomic E-state index is 2.44. The van der Waals surface area contributed by atoms with E-state index >= 15 is 0 Å². The van der Waals surface area contributed by atoms with Crippen molar-refractivity contribution in [3.8, 4) is 78.1 Å². The summed E-state index contributed by atoms with van der Waals surface area (Å²) >= 11 is 0. The van der Waals surface area contributed by atoms with Crippen LogP contribution in [0.5, 0.6) is 0 Å². The average molecular weight is 865 g/mol. The van der Waals surface area contributed by atoms with E-state index in [1.165, 1.54) is 110 Å². The summed E-state index contributed by atoms with van der Waals surface area (Å²) in [6, 6.07) is 97.6. The molecule has 0 aliphatic heterocycles. The predicted octanol–water partition coefficient (Wildman–Crippen LogP) is 17.9. The Morgan fingerprint density at radius 1 is 0.191 bits per heavy atom. The van der Waals surface area contributed by atoms with Gasteiger partial charge >= 0.3 is 0 Å². The fraction of sp³-hybridized carbons (Fsp3) is 0. The average Bonchev–Trinajstić information content (AvgIpc) is 3.94. The van der Waals surface area contributed by atoms with Gasteiger partial charge in [0.25, 0.3) is 0 Å². The molecule has 0 aliphatic rings. The lowest BCUT2D eigenvalue weighted by Crippen LogP contribution is -1.94. The minimum atomic E-state index is 1.14. The largest absolute Gasteiger partial charge is 0.309 e. The minimum absolute atomic E-state index is 1.14. The Morgan fingerprint density at radius 3 is 1.18 bits per heavy atom. The topological polar surface area (TPSA) is 9.86 Å². The normalized spacial score (nSPS) is 11.5. The molecule has 0 radical (unpaired) electrons. The Bertz CT molecular complexity index is 4010. The summed E-state index contributed by atoms with van der Waals surface area (Å²) in [7, 11) is 0. The second-order valence-electron chi connectivity index (χ2n) is 17.7. The van der Waals surface area contributed by atoms with E-state index in [-0.39, 0.29) is 0 Å². The molecule has 0 bridgehead atoms. The Balaban J connectivity index is 1.02. The number of para-hydroxylation sites is 2. The van der Waals surface area contributed by atoms with Crippen molar-refractivity contribution in [2.24, 2.45) is 0 Å². The second kappa shape index (κ2) is 16.5. The monoisotopic (exact) mass is 864 g/mol. The molecule has 2 aromatic heterocycles. The van der Waals surface area contributed by atoms with Gasteiger partial charge in [0.1, 0.15) is 0 Å². The third kappa shape index (κ3) is 6.82. The molecular weight excluding hydrogens is 821 g/mol. The highest BCUT2D eigenvalue weighted by Gasteiger charge is 2.19. The van der Waals surface area contributed by atoms with Crippen LogP contribution >= 0.6 is 0 Å². The van der Waals surface area contributed by atoms with Gasteiger partial charge in [0.15, 0.2) is 0 Å². The fourth-order valence-electron chi connectivity index (χ4n) is 10.5. The Morgan fingerprint density at radius 2 is 0.574 bits per heavy atom. The van der Waals surface area contributed by atoms with Gasteiger partial charge in [-0.25, -0.2) is 0 Å². The van der Waals surface area contributed by atoms with E-state index < -0.39 is 0 Å². The van der Waals surface area contributed by atoms with Crippen LogP contribution < -0.4 is 0 Å². The van der Waals surface area contributed by atoms with E-state index in [4.69, 9.17) is 0 Å². The molecule has 0 atom stereocenters. The van der Waals surface area contributed by atoms with E-state index in [2.05, 4.69) is 276 Å². The van der Waals surface area contributed by atoms with Crippen molar-refractivity contribution in [2.75, 3.05) is 0 Å². The third-order valence-electron chi connectivity index (χ3n) is 13.7. The SMILES string of the molecule is c1ccc(-c2cccc(-c3cc(-c4ccc5c(c4)c4ccccc4n5-c4cccc(-c5ccccc5)c4)cc(-c4cccc5c4c4ccccc4n5-c4cccc(-c5ccccc5)c4)c3)c2)cc1. The van der Waals surface area contributed by atoms with Gasteiger partial charge in [-0.15, -0.1) is 0 Å². The Labute approximate surface area is 395 Å². The van der Waals surface area contributed by atoms with Crippen molar-refractivity contribution in [3.63, 3.8) is 0 Å². The van der Waals surface area contributed by atoms with Crippen LogP contribution in [-0.2, 0) is 0 Å². The van der Waals surface area contributed by atoms with Crippen LogP contribution in [-0.4, -0.2) is 9.13 Å². The van der Waals surface area contributed by atoms with Crippen molar-refractivity contribution >= 4 is 43.6 Å². The van der Waals surface area contributed by atoms with Gasteiger partial charge in [-0.3, -0.25) is 0 Å². The van der Waals surface area contributed by atoms with E-state index in [0.29, 0.717) is 0 Å². The smallest absolute Gasteiger partial charge is 0.0547 e. The number of fused-ring (bicyclic) bond motifs is 6. The number of benzene rings is 11. The first-order valence-corrected chi connectivity index (χ1v) is 23.4. The summed E-state index contributed by atoms with van der Waals surface area (Å²) in [4.78, 5) is 0. The van der Waals surface area contributed by atoms with Crippen LogP contribution in [0, 0.1) is 0 Å². The van der Waals surface area contributed by atoms with Gasteiger partial charge in [0, 0.05) is 32.9 Å². The van der Waals surface area contributed by atoms with Crippen LogP contribution in [0.2, 0.25) is 0 Å². The zero-order valence-electron chi connectivity index (χ0n) is 37.3. The van der Waals surface area contributed by atoms with E-state index in [9.17, 15) is 0 Å². The molecule has 13 rings (SSSR count). The van der Waals surface area contributed by atoms with Gasteiger partial charge < -0.3 is 9.13 Å². The number of nitrogens with zero attached hydrogens (tertiary/aromatic N) is 2. The number of hydrogen-bond acceptors (Lipinski definition) is 0. The van der Waals surface area contributed by atoms with Gasteiger partial charge in [0.05, 0.1) is 22.1 Å². The molecule has 2 heteroatoms. The van der Waals surface area contributed by atoms with Crippen molar-refractivity contribution in [2.45, 2.75) is 0 Å². The van der Waals surface area contributed by atoms with Crippen LogP contribution in [0.1, 0.15) is 0 Å². The lowest BCUT2D eigenvalue weighted by Gasteiger charge is -2.14. The van der Waals surface area contributed by atoms with Crippen LogP contribution in [0.3, 0.4) is 0 Å². The van der Waals surface area contributed by atoms with Crippen LogP contribution in [0.25, 0.3) is 122 Å². The van der Waals surface area contributed by atoms with Crippen molar-refractivity contribution < 1.29 is 0 Å². The number of aromatic nitrogens is 2. The molecule has 0 amide bonds. The molecule has 2 nitrogen and oxygen atoms in total. The summed E-state index contributed by atoms with van der Waals surface area (Å²) in [5.41, 5.74) is 21.3. The molecule has 68 heavy (non-hydrogen) atoms. The van der Waals surface area contributed by atoms with Gasteiger partial charge in [-0.2, -0.15) is 0 Å². The molecule has 11 aromatic carbocycles. The van der Waals surface area contributed by atoms with Gasteiger partial charge in [0.2, 0.25) is 0 Å². The lowest BCUT2D eigenvalue weighted by molar-refractivity contribution is 1.18. The Kier molecular flexibility index (Phi) is 9.54. The predicted molar refractivity (Wildman–Crippen MR) is 288 cm³/mol. The van der Waals surface area contributed by atoms with Crippen molar-refractivity contribution in [1.82, 2.24) is 9.13 Å². The maximum absolute atomic E-state index is 2.44. The van der Waals surface area contributed by atoms with E-state index in [1.807, 2.05) is 0 Å². The molecule has 0 saturated carbocycles. The molecule has 0 fully saturated rings. The first-order valence-electron chi connectivity index (χ1n) is 23.4. The first kappa shape index (κ1) is 39.4. The third-order valence-corrected chi connectivity index (χ3v) is 13.7. The van der Waals surface area contributed by atoms with E-state index in [0.717, 1.165) is 11.4 Å². The molecule has 0 N–H and O–H groups in total. The highest BCUT2D eigenvalue weighted by atomic mass is 15.0. The molecule has 318 valence electrons. The standard InChI is InChI=1S/C66H44N2/c1-4-18-45(19-5-1)48-24-14-25-49(38-48)53-39-54(52-36-37-64-61(44-52)59-30-10-12-33-62(59)67(64)56-28-15-26-50(42-56)46-20-6-2-7-21-46)41-55(40-53)58-32-17-35-65-66(58)60-31-11-13-34-63(60)68(65)57-29-16-27-51(43-57)47-22-8-3-9-23-47/h1-44H. The first-order chi connectivity index (χ1) is 33.7. The fourth-order valence-corrected chi connectivity index (χ4v) is 10.5. The van der Waals surface area contributed by atoms with Gasteiger partial charge in [-0.1, -0.05) is 188 Å². The highest BCUT2D eigenvalue weighted by molar-refractivity contribution is 6.16. The summed E-state index contributed by atoms with van der Waals surface area (Å²) in [5.74, 6) is 0. The molecule has 0 unspecified atom stereocenters. The molecular formula is C66H44N2. The summed E-state index contributed by atoms with van der Waals surface area (Å²) in [5, 5.41) is 4.93. The second-order valence-corrected chi connectivity index (χ2v) is 17.7. The summed E-state index contributed by atoms with van der Waals surface area (Å²) in [6.07, 6.45) is 0. The molecule has 0 saturated heterocycles. The van der Waals surface area contributed by atoms with Crippen molar-refractivity contribution in [3.05, 3.63) is 267 Å². The van der Waals surface area contributed by atoms with Gasteiger partial charge in [-0.05, 0) is 146 Å². The summed E-state index contributed by atoms with van der Waals surface area (Å²) < 4.78 is 4.86. The van der Waals surface area contributed by atoms with Crippen molar-refractivity contribution in [1.29, 1.82) is 0 Å². The van der Waals surface area contributed by atoms with Crippen LogP contribution in [0.4, 0.5) is 0 Å². The number of rotatable bonds is 8. The zero-order chi connectivity index (χ0) is 45.0.